The molecule has 0 aliphatic rings. The first kappa shape index (κ1) is 16.2. The van der Waals surface area contributed by atoms with Gasteiger partial charge in [0.05, 0.1) is 5.54 Å². The Kier molecular flexibility index (Phi) is 4.66. The van der Waals surface area contributed by atoms with Gasteiger partial charge in [0.15, 0.2) is 0 Å². The summed E-state index contributed by atoms with van der Waals surface area (Å²) in [6, 6.07) is 8.13. The standard InChI is InChI=1S/C17H23N3O2/c1-5-20(10-13-8-6-7-12(2)9-13)16(21)14-11-22-19-15(14)17(3,4)18/h6-9,11H,5,10,18H2,1-4H3. The fraction of sp³-hybridized carbons (Fsp3) is 0.412. The number of hydrogen-bond acceptors (Lipinski definition) is 4. The van der Waals surface area contributed by atoms with E-state index in [1.54, 1.807) is 18.7 Å². The fourth-order valence-electron chi connectivity index (χ4n) is 2.38. The van der Waals surface area contributed by atoms with E-state index in [2.05, 4.69) is 11.2 Å². The molecule has 0 aliphatic heterocycles. The highest BCUT2D eigenvalue weighted by atomic mass is 16.5. The van der Waals surface area contributed by atoms with E-state index in [-0.39, 0.29) is 5.91 Å². The number of nitrogens with zero attached hydrogens (tertiary/aromatic N) is 2. The predicted octanol–water partition coefficient (Wildman–Crippen LogP) is 2.84. The molecule has 1 aromatic carbocycles. The maximum absolute atomic E-state index is 12.8. The van der Waals surface area contributed by atoms with Crippen LogP contribution in [0.15, 0.2) is 35.1 Å². The second kappa shape index (κ2) is 6.32. The molecule has 0 saturated heterocycles. The Hall–Kier alpha value is -2.14. The van der Waals surface area contributed by atoms with Crippen LogP contribution in [-0.4, -0.2) is 22.5 Å². The summed E-state index contributed by atoms with van der Waals surface area (Å²) < 4.78 is 4.98. The first-order chi connectivity index (χ1) is 10.3. The SMILES string of the molecule is CCN(Cc1cccc(C)c1)C(=O)c1conc1C(C)(C)N. The molecule has 0 radical (unpaired) electrons. The molecule has 0 unspecified atom stereocenters. The van der Waals surface area contributed by atoms with Crippen molar-refractivity contribution in [2.45, 2.75) is 39.8 Å². The van der Waals surface area contributed by atoms with Gasteiger partial charge in [-0.05, 0) is 33.3 Å². The molecule has 0 spiro atoms. The van der Waals surface area contributed by atoms with E-state index in [4.69, 9.17) is 10.3 Å². The normalized spacial score (nSPS) is 11.5. The minimum Gasteiger partial charge on any atom is -0.364 e. The lowest BCUT2D eigenvalue weighted by molar-refractivity contribution is 0.0749. The van der Waals surface area contributed by atoms with Crippen molar-refractivity contribution in [3.05, 3.63) is 52.9 Å². The van der Waals surface area contributed by atoms with Crippen LogP contribution in [0.5, 0.6) is 0 Å². The molecule has 0 saturated carbocycles. The van der Waals surface area contributed by atoms with Gasteiger partial charge < -0.3 is 15.2 Å². The molecular weight excluding hydrogens is 278 g/mol. The summed E-state index contributed by atoms with van der Waals surface area (Å²) in [5, 5.41) is 3.90. The van der Waals surface area contributed by atoms with Crippen LogP contribution in [0.1, 0.15) is 48.0 Å². The van der Waals surface area contributed by atoms with Crippen LogP contribution in [0, 0.1) is 6.92 Å². The van der Waals surface area contributed by atoms with E-state index in [0.29, 0.717) is 24.3 Å². The summed E-state index contributed by atoms with van der Waals surface area (Å²) >= 11 is 0. The number of rotatable bonds is 5. The second-order valence-electron chi connectivity index (χ2n) is 6.11. The van der Waals surface area contributed by atoms with Gasteiger partial charge >= 0.3 is 0 Å². The molecule has 2 aromatic rings. The fourth-order valence-corrected chi connectivity index (χ4v) is 2.38. The smallest absolute Gasteiger partial charge is 0.259 e. The third-order valence-corrected chi connectivity index (χ3v) is 3.54. The Balaban J connectivity index is 2.25. The van der Waals surface area contributed by atoms with Crippen molar-refractivity contribution in [1.29, 1.82) is 0 Å². The van der Waals surface area contributed by atoms with Crippen LogP contribution in [0.3, 0.4) is 0 Å². The van der Waals surface area contributed by atoms with Crippen molar-refractivity contribution < 1.29 is 9.32 Å². The molecule has 0 atom stereocenters. The van der Waals surface area contributed by atoms with Crippen molar-refractivity contribution in [1.82, 2.24) is 10.1 Å². The Bertz CT molecular complexity index is 656. The van der Waals surface area contributed by atoms with Crippen LogP contribution in [-0.2, 0) is 12.1 Å². The highest BCUT2D eigenvalue weighted by Gasteiger charge is 2.28. The van der Waals surface area contributed by atoms with Crippen LogP contribution in [0.2, 0.25) is 0 Å². The average Bonchev–Trinajstić information content (AvgIpc) is 2.93. The largest absolute Gasteiger partial charge is 0.364 e. The number of aromatic nitrogens is 1. The van der Waals surface area contributed by atoms with Gasteiger partial charge in [-0.3, -0.25) is 4.79 Å². The van der Waals surface area contributed by atoms with Crippen LogP contribution < -0.4 is 5.73 Å². The van der Waals surface area contributed by atoms with Gasteiger partial charge in [-0.1, -0.05) is 35.0 Å². The molecule has 2 N–H and O–H groups in total. The van der Waals surface area contributed by atoms with Crippen molar-refractivity contribution in [3.8, 4) is 0 Å². The molecule has 1 amide bonds. The second-order valence-corrected chi connectivity index (χ2v) is 6.11. The van der Waals surface area contributed by atoms with E-state index < -0.39 is 5.54 Å². The van der Waals surface area contributed by atoms with E-state index in [0.717, 1.165) is 5.56 Å². The Morgan fingerprint density at radius 3 is 2.73 bits per heavy atom. The highest BCUT2D eigenvalue weighted by molar-refractivity contribution is 5.95. The Morgan fingerprint density at radius 2 is 2.14 bits per heavy atom. The van der Waals surface area contributed by atoms with Gasteiger partial charge in [0.2, 0.25) is 0 Å². The molecule has 2 rings (SSSR count). The number of carbonyl (C=O) groups is 1. The molecule has 118 valence electrons. The van der Waals surface area contributed by atoms with Gasteiger partial charge in [-0.15, -0.1) is 0 Å². The van der Waals surface area contributed by atoms with Crippen LogP contribution in [0.4, 0.5) is 0 Å². The molecule has 5 heteroatoms. The zero-order valence-electron chi connectivity index (χ0n) is 13.6. The summed E-state index contributed by atoms with van der Waals surface area (Å²) in [5.74, 6) is -0.112. The lowest BCUT2D eigenvalue weighted by atomic mass is 9.98. The first-order valence-corrected chi connectivity index (χ1v) is 7.41. The van der Waals surface area contributed by atoms with E-state index in [1.807, 2.05) is 32.0 Å². The molecule has 1 aromatic heterocycles. The van der Waals surface area contributed by atoms with Crippen molar-refractivity contribution >= 4 is 5.91 Å². The molecule has 0 fully saturated rings. The molecule has 5 nitrogen and oxygen atoms in total. The number of nitrogens with two attached hydrogens (primary N) is 1. The average molecular weight is 301 g/mol. The van der Waals surface area contributed by atoms with E-state index in [9.17, 15) is 4.79 Å². The van der Waals surface area contributed by atoms with E-state index in [1.165, 1.54) is 11.8 Å². The van der Waals surface area contributed by atoms with Crippen LogP contribution >= 0.6 is 0 Å². The van der Waals surface area contributed by atoms with Crippen molar-refractivity contribution in [2.24, 2.45) is 5.73 Å². The molecule has 0 bridgehead atoms. The van der Waals surface area contributed by atoms with Crippen molar-refractivity contribution in [3.63, 3.8) is 0 Å². The molecule has 0 aliphatic carbocycles. The minimum absolute atomic E-state index is 0.112. The summed E-state index contributed by atoms with van der Waals surface area (Å²) in [4.78, 5) is 14.5. The van der Waals surface area contributed by atoms with Gasteiger partial charge in [-0.25, -0.2) is 0 Å². The highest BCUT2D eigenvalue weighted by Crippen LogP contribution is 2.22. The van der Waals surface area contributed by atoms with Gasteiger partial charge in [0.1, 0.15) is 17.5 Å². The quantitative estimate of drug-likeness (QED) is 0.921. The van der Waals surface area contributed by atoms with Crippen LogP contribution in [0.25, 0.3) is 0 Å². The summed E-state index contributed by atoms with van der Waals surface area (Å²) in [6.45, 7) is 8.75. The number of carbonyl (C=O) groups excluding carboxylic acids is 1. The number of amides is 1. The predicted molar refractivity (Wildman–Crippen MR) is 85.3 cm³/mol. The maximum atomic E-state index is 12.8. The maximum Gasteiger partial charge on any atom is 0.259 e. The third kappa shape index (κ3) is 3.54. The number of hydrogen-bond donors (Lipinski definition) is 1. The monoisotopic (exact) mass is 301 g/mol. The van der Waals surface area contributed by atoms with Gasteiger partial charge in [0, 0.05) is 13.1 Å². The number of benzene rings is 1. The summed E-state index contributed by atoms with van der Waals surface area (Å²) in [7, 11) is 0. The lowest BCUT2D eigenvalue weighted by Crippen LogP contribution is -2.35. The third-order valence-electron chi connectivity index (χ3n) is 3.54. The first-order valence-electron chi connectivity index (χ1n) is 7.41. The van der Waals surface area contributed by atoms with Gasteiger partial charge in [-0.2, -0.15) is 0 Å². The Morgan fingerprint density at radius 1 is 1.41 bits per heavy atom. The number of aryl methyl sites for hydroxylation is 1. The summed E-state index contributed by atoms with van der Waals surface area (Å²) in [5.41, 5.74) is 8.53. The zero-order valence-corrected chi connectivity index (χ0v) is 13.6. The topological polar surface area (TPSA) is 72.4 Å². The lowest BCUT2D eigenvalue weighted by Gasteiger charge is -2.23. The van der Waals surface area contributed by atoms with E-state index >= 15 is 0 Å². The van der Waals surface area contributed by atoms with Crippen molar-refractivity contribution in [2.75, 3.05) is 6.54 Å². The zero-order chi connectivity index (χ0) is 16.3. The minimum atomic E-state index is -0.721. The molecular formula is C17H23N3O2. The molecule has 1 heterocycles. The Labute approximate surface area is 131 Å². The summed E-state index contributed by atoms with van der Waals surface area (Å²) in [6.07, 6.45) is 1.38. The van der Waals surface area contributed by atoms with Gasteiger partial charge in [0.25, 0.3) is 5.91 Å². The molecule has 22 heavy (non-hydrogen) atoms.